The Labute approximate surface area is 166 Å². The molecule has 0 bridgehead atoms. The molecule has 2 aromatic carbocycles. The lowest BCUT2D eigenvalue weighted by atomic mass is 9.88. The van der Waals surface area contributed by atoms with Gasteiger partial charge < -0.3 is 9.64 Å². The van der Waals surface area contributed by atoms with Crippen LogP contribution >= 0.6 is 0 Å². The number of hydrogen-bond acceptors (Lipinski definition) is 3. The maximum Gasteiger partial charge on any atom is 0.226 e. The molecule has 1 fully saturated rings. The highest BCUT2D eigenvalue weighted by molar-refractivity contribution is 6.00. The predicted molar refractivity (Wildman–Crippen MR) is 108 cm³/mol. The Kier molecular flexibility index (Phi) is 5.58. The fraction of sp³-hybridized carbons (Fsp3) is 0.417. The van der Waals surface area contributed by atoms with Gasteiger partial charge in [-0.1, -0.05) is 54.6 Å². The van der Waals surface area contributed by atoms with Crippen LogP contribution in [0.2, 0.25) is 0 Å². The summed E-state index contributed by atoms with van der Waals surface area (Å²) in [5, 5.41) is 0. The second-order valence-electron chi connectivity index (χ2n) is 7.88. The number of carbonyl (C=O) groups excluding carboxylic acids is 2. The molecule has 146 valence electrons. The van der Waals surface area contributed by atoms with E-state index in [1.165, 1.54) is 5.56 Å². The van der Waals surface area contributed by atoms with Crippen LogP contribution in [0, 0.1) is 5.92 Å². The molecule has 4 rings (SSSR count). The van der Waals surface area contributed by atoms with Crippen molar-refractivity contribution in [2.24, 2.45) is 5.92 Å². The molecule has 28 heavy (non-hydrogen) atoms. The normalized spacial score (nSPS) is 23.2. The van der Waals surface area contributed by atoms with Gasteiger partial charge in [-0.25, -0.2) is 0 Å². The van der Waals surface area contributed by atoms with Gasteiger partial charge in [0.1, 0.15) is 0 Å². The van der Waals surface area contributed by atoms with E-state index in [9.17, 15) is 9.59 Å². The first-order chi connectivity index (χ1) is 13.7. The largest absolute Gasteiger partial charge is 0.377 e. The molecule has 2 aliphatic rings. The van der Waals surface area contributed by atoms with E-state index in [1.807, 2.05) is 35.2 Å². The summed E-state index contributed by atoms with van der Waals surface area (Å²) in [6.45, 7) is 1.52. The average molecular weight is 377 g/mol. The minimum absolute atomic E-state index is 0.0488. The first-order valence-electron chi connectivity index (χ1n) is 10.2. The Morgan fingerprint density at radius 3 is 2.39 bits per heavy atom. The number of ether oxygens (including phenoxy) is 1. The second-order valence-corrected chi connectivity index (χ2v) is 7.88. The molecule has 2 aromatic rings. The van der Waals surface area contributed by atoms with E-state index in [2.05, 4.69) is 24.3 Å². The molecule has 0 radical (unpaired) electrons. The summed E-state index contributed by atoms with van der Waals surface area (Å²) in [4.78, 5) is 28.0. The lowest BCUT2D eigenvalue weighted by Gasteiger charge is -2.34. The van der Waals surface area contributed by atoms with E-state index in [1.54, 1.807) is 7.11 Å². The lowest BCUT2D eigenvalue weighted by molar-refractivity contribution is -0.137. The van der Waals surface area contributed by atoms with Gasteiger partial charge >= 0.3 is 0 Å². The van der Waals surface area contributed by atoms with Crippen LogP contribution in [0.3, 0.4) is 0 Å². The molecule has 0 spiro atoms. The number of benzene rings is 2. The van der Waals surface area contributed by atoms with E-state index in [0.29, 0.717) is 17.9 Å². The monoisotopic (exact) mass is 377 g/mol. The molecule has 4 heteroatoms. The Balaban J connectivity index is 1.45. The average Bonchev–Trinajstić information content (AvgIpc) is 2.90. The van der Waals surface area contributed by atoms with Gasteiger partial charge in [0.2, 0.25) is 5.91 Å². The standard InChI is InChI=1S/C24H27NO3/c1-28-23-16-19(15-22(26)20-9-5-6-10-21(20)23)24(27)25-13-11-18(12-14-25)17-7-3-2-4-8-17/h2-10,18-19,23H,11-16H2,1H3. The van der Waals surface area contributed by atoms with E-state index < -0.39 is 0 Å². The molecule has 0 saturated carbocycles. The zero-order chi connectivity index (χ0) is 19.5. The van der Waals surface area contributed by atoms with Crippen LogP contribution in [0.25, 0.3) is 0 Å². The highest BCUT2D eigenvalue weighted by atomic mass is 16.5. The van der Waals surface area contributed by atoms with Crippen molar-refractivity contribution in [2.45, 2.75) is 37.7 Å². The van der Waals surface area contributed by atoms with Gasteiger partial charge in [-0.2, -0.15) is 0 Å². The summed E-state index contributed by atoms with van der Waals surface area (Å²) in [6, 6.07) is 18.1. The molecule has 1 aliphatic heterocycles. The summed E-state index contributed by atoms with van der Waals surface area (Å²) in [7, 11) is 1.66. The Morgan fingerprint density at radius 1 is 1.00 bits per heavy atom. The van der Waals surface area contributed by atoms with Crippen molar-refractivity contribution in [2.75, 3.05) is 20.2 Å². The topological polar surface area (TPSA) is 46.6 Å². The van der Waals surface area contributed by atoms with E-state index >= 15 is 0 Å². The van der Waals surface area contributed by atoms with Gasteiger partial charge in [-0.05, 0) is 36.3 Å². The molecular weight excluding hydrogens is 350 g/mol. The number of carbonyl (C=O) groups is 2. The second kappa shape index (κ2) is 8.27. The van der Waals surface area contributed by atoms with Crippen LogP contribution in [0.5, 0.6) is 0 Å². The van der Waals surface area contributed by atoms with Gasteiger partial charge in [0.05, 0.1) is 6.10 Å². The quantitative estimate of drug-likeness (QED) is 0.746. The van der Waals surface area contributed by atoms with E-state index in [-0.39, 0.29) is 30.1 Å². The predicted octanol–water partition coefficient (Wildman–Crippen LogP) is 4.37. The number of Topliss-reactive ketones (excluding diaryl/α,β-unsaturated/α-hetero) is 1. The number of fused-ring (bicyclic) bond motifs is 1. The Bertz CT molecular complexity index is 840. The minimum Gasteiger partial charge on any atom is -0.377 e. The number of likely N-dealkylation sites (tertiary alicyclic amines) is 1. The third-order valence-corrected chi connectivity index (χ3v) is 6.25. The summed E-state index contributed by atoms with van der Waals surface area (Å²) < 4.78 is 5.67. The van der Waals surface area contributed by atoms with E-state index in [0.717, 1.165) is 31.5 Å². The lowest BCUT2D eigenvalue weighted by Crippen LogP contribution is -2.42. The van der Waals surface area contributed by atoms with Crippen LogP contribution < -0.4 is 0 Å². The number of methoxy groups -OCH3 is 1. The molecule has 1 amide bonds. The summed E-state index contributed by atoms with van der Waals surface area (Å²) in [5.74, 6) is 0.359. The summed E-state index contributed by atoms with van der Waals surface area (Å²) >= 11 is 0. The third-order valence-electron chi connectivity index (χ3n) is 6.25. The van der Waals surface area contributed by atoms with Gasteiger partial charge in [-0.15, -0.1) is 0 Å². The SMILES string of the molecule is COC1CC(C(=O)N2CCC(c3ccccc3)CC2)CC(=O)c2ccccc21. The fourth-order valence-corrected chi connectivity index (χ4v) is 4.66. The van der Waals surface area contributed by atoms with Gasteiger partial charge in [0.15, 0.2) is 5.78 Å². The van der Waals surface area contributed by atoms with Gasteiger partial charge in [0.25, 0.3) is 0 Å². The number of piperidine rings is 1. The molecule has 0 aromatic heterocycles. The maximum absolute atomic E-state index is 13.2. The van der Waals surface area contributed by atoms with Gasteiger partial charge in [0, 0.05) is 38.1 Å². The molecule has 4 nitrogen and oxygen atoms in total. The first-order valence-corrected chi connectivity index (χ1v) is 10.2. The minimum atomic E-state index is -0.307. The molecule has 2 unspecified atom stereocenters. The van der Waals surface area contributed by atoms with Crippen molar-refractivity contribution < 1.29 is 14.3 Å². The van der Waals surface area contributed by atoms with Gasteiger partial charge in [-0.3, -0.25) is 9.59 Å². The molecule has 1 aliphatic carbocycles. The van der Waals surface area contributed by atoms with Crippen molar-refractivity contribution in [1.82, 2.24) is 4.90 Å². The van der Waals surface area contributed by atoms with Crippen LogP contribution in [-0.4, -0.2) is 36.8 Å². The van der Waals surface area contributed by atoms with Crippen molar-refractivity contribution >= 4 is 11.7 Å². The van der Waals surface area contributed by atoms with E-state index in [4.69, 9.17) is 4.74 Å². The maximum atomic E-state index is 13.2. The molecule has 2 atom stereocenters. The Hall–Kier alpha value is -2.46. The number of amides is 1. The number of hydrogen-bond donors (Lipinski definition) is 0. The Morgan fingerprint density at radius 2 is 1.68 bits per heavy atom. The molecule has 1 heterocycles. The molecule has 0 N–H and O–H groups in total. The third kappa shape index (κ3) is 3.74. The van der Waals surface area contributed by atoms with Crippen LogP contribution in [-0.2, 0) is 9.53 Å². The smallest absolute Gasteiger partial charge is 0.226 e. The summed E-state index contributed by atoms with van der Waals surface area (Å²) in [5.41, 5.74) is 2.97. The first kappa shape index (κ1) is 18.9. The number of nitrogens with zero attached hydrogens (tertiary/aromatic N) is 1. The van der Waals surface area contributed by atoms with Crippen molar-refractivity contribution in [3.05, 3.63) is 71.3 Å². The zero-order valence-corrected chi connectivity index (χ0v) is 16.3. The number of ketones is 1. The highest BCUT2D eigenvalue weighted by Crippen LogP contribution is 2.36. The molecule has 1 saturated heterocycles. The van der Waals surface area contributed by atoms with Crippen molar-refractivity contribution in [3.63, 3.8) is 0 Å². The zero-order valence-electron chi connectivity index (χ0n) is 16.3. The molecular formula is C24H27NO3. The summed E-state index contributed by atoms with van der Waals surface area (Å²) in [6.07, 6.45) is 2.58. The fourth-order valence-electron chi connectivity index (χ4n) is 4.66. The van der Waals surface area contributed by atoms with Crippen LogP contribution in [0.4, 0.5) is 0 Å². The number of rotatable bonds is 3. The van der Waals surface area contributed by atoms with Crippen LogP contribution in [0.1, 0.15) is 59.2 Å². The van der Waals surface area contributed by atoms with Crippen molar-refractivity contribution in [3.8, 4) is 0 Å². The van der Waals surface area contributed by atoms with Crippen LogP contribution in [0.15, 0.2) is 54.6 Å². The van der Waals surface area contributed by atoms with Crippen molar-refractivity contribution in [1.29, 1.82) is 0 Å². The highest BCUT2D eigenvalue weighted by Gasteiger charge is 2.35.